The minimum atomic E-state index is -0.953. The first-order chi connectivity index (χ1) is 13.5. The number of rotatable bonds is 8. The monoisotopic (exact) mass is 400 g/mol. The van der Waals surface area contributed by atoms with E-state index in [2.05, 4.69) is 11.9 Å². The predicted octanol–water partition coefficient (Wildman–Crippen LogP) is 3.85. The molecule has 2 amide bonds. The lowest BCUT2D eigenvalue weighted by atomic mass is 9.97. The largest absolute Gasteiger partial charge is 0.458 e. The Balaban J connectivity index is 1.77. The van der Waals surface area contributed by atoms with Crippen LogP contribution in [0.2, 0.25) is 0 Å². The second-order valence-electron chi connectivity index (χ2n) is 6.95. The molecule has 1 aliphatic rings. The quantitative estimate of drug-likeness (QED) is 0.497. The standard InChI is InChI=1S/C21H24N2O4S/c1-4-8-17-22-14(12-28-17)11-27-21(26)18(13(3)5-2)23-19(24)15-9-6-7-10-16(15)20(23)25/h6-7,9-10,12-13,18H,4-5,8,11H2,1-3H3/t13-,18-/m0/s1. The summed E-state index contributed by atoms with van der Waals surface area (Å²) in [5.74, 6) is -1.68. The van der Waals surface area contributed by atoms with Crippen molar-refractivity contribution in [2.24, 2.45) is 5.92 Å². The summed E-state index contributed by atoms with van der Waals surface area (Å²) in [5, 5.41) is 2.88. The lowest BCUT2D eigenvalue weighted by molar-refractivity contribution is -0.151. The molecule has 1 aromatic carbocycles. The maximum absolute atomic E-state index is 12.9. The van der Waals surface area contributed by atoms with Gasteiger partial charge in [-0.1, -0.05) is 39.3 Å². The number of aryl methyl sites for hydroxylation is 1. The Kier molecular flexibility index (Phi) is 6.24. The molecule has 0 bridgehead atoms. The van der Waals surface area contributed by atoms with Crippen LogP contribution in [-0.4, -0.2) is 33.7 Å². The number of hydrogen-bond acceptors (Lipinski definition) is 6. The third kappa shape index (κ3) is 3.85. The van der Waals surface area contributed by atoms with Crippen LogP contribution < -0.4 is 0 Å². The van der Waals surface area contributed by atoms with Gasteiger partial charge < -0.3 is 4.74 Å². The zero-order valence-electron chi connectivity index (χ0n) is 16.3. The Hall–Kier alpha value is -2.54. The number of amides is 2. The van der Waals surface area contributed by atoms with Gasteiger partial charge in [-0.25, -0.2) is 9.78 Å². The van der Waals surface area contributed by atoms with Gasteiger partial charge in [0.2, 0.25) is 0 Å². The van der Waals surface area contributed by atoms with Gasteiger partial charge in [-0.15, -0.1) is 11.3 Å². The SMILES string of the molecule is CCCc1nc(COC(=O)[C@H]([C@@H](C)CC)N2C(=O)c3ccccc3C2=O)cs1. The molecule has 2 aromatic rings. The van der Waals surface area contributed by atoms with Crippen LogP contribution in [0.1, 0.15) is 65.0 Å². The molecule has 0 unspecified atom stereocenters. The van der Waals surface area contributed by atoms with Crippen molar-refractivity contribution in [3.63, 3.8) is 0 Å². The Morgan fingerprint density at radius 1 is 1.18 bits per heavy atom. The van der Waals surface area contributed by atoms with Gasteiger partial charge in [0.15, 0.2) is 0 Å². The molecule has 0 radical (unpaired) electrons. The highest BCUT2D eigenvalue weighted by Crippen LogP contribution is 2.29. The molecule has 0 aliphatic carbocycles. The van der Waals surface area contributed by atoms with Crippen molar-refractivity contribution in [1.29, 1.82) is 0 Å². The molecule has 0 saturated carbocycles. The van der Waals surface area contributed by atoms with Gasteiger partial charge >= 0.3 is 5.97 Å². The number of nitrogens with zero attached hydrogens (tertiary/aromatic N) is 2. The van der Waals surface area contributed by atoms with E-state index < -0.39 is 23.8 Å². The topological polar surface area (TPSA) is 76.6 Å². The van der Waals surface area contributed by atoms with Crippen molar-refractivity contribution in [2.75, 3.05) is 0 Å². The molecule has 2 atom stereocenters. The second kappa shape index (κ2) is 8.65. The van der Waals surface area contributed by atoms with Gasteiger partial charge in [-0.2, -0.15) is 0 Å². The molecule has 0 N–H and O–H groups in total. The summed E-state index contributed by atoms with van der Waals surface area (Å²) in [7, 11) is 0. The van der Waals surface area contributed by atoms with Crippen molar-refractivity contribution < 1.29 is 19.1 Å². The highest BCUT2D eigenvalue weighted by molar-refractivity contribution is 7.09. The van der Waals surface area contributed by atoms with Gasteiger partial charge in [0, 0.05) is 5.38 Å². The molecule has 1 aliphatic heterocycles. The van der Waals surface area contributed by atoms with Crippen LogP contribution in [0.4, 0.5) is 0 Å². The minimum absolute atomic E-state index is 0.0369. The van der Waals surface area contributed by atoms with Crippen LogP contribution in [0.15, 0.2) is 29.6 Å². The van der Waals surface area contributed by atoms with E-state index >= 15 is 0 Å². The summed E-state index contributed by atoms with van der Waals surface area (Å²) < 4.78 is 5.47. The Morgan fingerprint density at radius 2 is 1.82 bits per heavy atom. The van der Waals surface area contributed by atoms with E-state index in [1.807, 2.05) is 19.2 Å². The van der Waals surface area contributed by atoms with Crippen molar-refractivity contribution in [1.82, 2.24) is 9.88 Å². The van der Waals surface area contributed by atoms with Gasteiger partial charge in [-0.3, -0.25) is 14.5 Å². The number of hydrogen-bond donors (Lipinski definition) is 0. The number of carbonyl (C=O) groups is 3. The number of ether oxygens (including phenoxy) is 1. The van der Waals surface area contributed by atoms with Crippen LogP contribution in [0.5, 0.6) is 0 Å². The molecule has 1 aromatic heterocycles. The Morgan fingerprint density at radius 3 is 2.39 bits per heavy atom. The fourth-order valence-corrected chi connectivity index (χ4v) is 4.14. The Bertz CT molecular complexity index is 857. The van der Waals surface area contributed by atoms with Crippen LogP contribution in [0, 0.1) is 5.92 Å². The molecular formula is C21H24N2O4S. The van der Waals surface area contributed by atoms with E-state index in [1.165, 1.54) is 0 Å². The van der Waals surface area contributed by atoms with Crippen LogP contribution in [0.3, 0.4) is 0 Å². The fraction of sp³-hybridized carbons (Fsp3) is 0.429. The number of aromatic nitrogens is 1. The first kappa shape index (κ1) is 20.2. The zero-order valence-corrected chi connectivity index (χ0v) is 17.1. The van der Waals surface area contributed by atoms with Crippen LogP contribution >= 0.6 is 11.3 Å². The second-order valence-corrected chi connectivity index (χ2v) is 7.89. The zero-order chi connectivity index (χ0) is 20.3. The number of carbonyl (C=O) groups excluding carboxylic acids is 3. The summed E-state index contributed by atoms with van der Waals surface area (Å²) >= 11 is 1.54. The highest BCUT2D eigenvalue weighted by Gasteiger charge is 2.45. The molecule has 0 spiro atoms. The molecular weight excluding hydrogens is 376 g/mol. The summed E-state index contributed by atoms with van der Waals surface area (Å²) in [6, 6.07) is 5.68. The molecule has 148 valence electrons. The maximum atomic E-state index is 12.9. The maximum Gasteiger partial charge on any atom is 0.330 e. The third-order valence-electron chi connectivity index (χ3n) is 4.95. The molecule has 28 heavy (non-hydrogen) atoms. The highest BCUT2D eigenvalue weighted by atomic mass is 32.1. The average molecular weight is 401 g/mol. The third-order valence-corrected chi connectivity index (χ3v) is 5.91. The predicted molar refractivity (Wildman–Crippen MR) is 106 cm³/mol. The van der Waals surface area contributed by atoms with Crippen molar-refractivity contribution in [3.05, 3.63) is 51.5 Å². The van der Waals surface area contributed by atoms with Gasteiger partial charge in [0.05, 0.1) is 21.8 Å². The smallest absolute Gasteiger partial charge is 0.330 e. The molecule has 7 heteroatoms. The van der Waals surface area contributed by atoms with Crippen LogP contribution in [0.25, 0.3) is 0 Å². The van der Waals surface area contributed by atoms with E-state index in [4.69, 9.17) is 4.74 Å². The Labute approximate surface area is 168 Å². The number of imide groups is 1. The minimum Gasteiger partial charge on any atom is -0.458 e. The summed E-state index contributed by atoms with van der Waals surface area (Å²) in [4.78, 5) is 44.0. The summed E-state index contributed by atoms with van der Waals surface area (Å²) in [6.07, 6.45) is 2.52. The first-order valence-corrected chi connectivity index (χ1v) is 10.4. The lowest BCUT2D eigenvalue weighted by Gasteiger charge is -2.28. The van der Waals surface area contributed by atoms with Gasteiger partial charge in [0.25, 0.3) is 11.8 Å². The lowest BCUT2D eigenvalue weighted by Crippen LogP contribution is -2.49. The summed E-state index contributed by atoms with van der Waals surface area (Å²) in [5.41, 5.74) is 1.35. The molecule has 3 rings (SSSR count). The molecule has 6 nitrogen and oxygen atoms in total. The fourth-order valence-electron chi connectivity index (χ4n) is 3.25. The average Bonchev–Trinajstić information content (AvgIpc) is 3.25. The first-order valence-electron chi connectivity index (χ1n) is 9.54. The van der Waals surface area contributed by atoms with E-state index in [9.17, 15) is 14.4 Å². The van der Waals surface area contributed by atoms with E-state index in [-0.39, 0.29) is 12.5 Å². The van der Waals surface area contributed by atoms with E-state index in [1.54, 1.807) is 35.6 Å². The van der Waals surface area contributed by atoms with Crippen LogP contribution in [-0.2, 0) is 22.6 Å². The van der Waals surface area contributed by atoms with Gasteiger partial charge in [-0.05, 0) is 30.9 Å². The molecule has 2 heterocycles. The van der Waals surface area contributed by atoms with Gasteiger partial charge in [0.1, 0.15) is 12.6 Å². The number of benzene rings is 1. The van der Waals surface area contributed by atoms with Crippen molar-refractivity contribution in [3.8, 4) is 0 Å². The van der Waals surface area contributed by atoms with Crippen molar-refractivity contribution >= 4 is 29.1 Å². The van der Waals surface area contributed by atoms with E-state index in [0.29, 0.717) is 23.2 Å². The normalized spacial score (nSPS) is 15.5. The number of thiazole rings is 1. The van der Waals surface area contributed by atoms with E-state index in [0.717, 1.165) is 22.7 Å². The number of esters is 1. The molecule has 0 saturated heterocycles. The molecule has 0 fully saturated rings. The van der Waals surface area contributed by atoms with Crippen molar-refractivity contribution in [2.45, 2.75) is 52.7 Å². The number of fused-ring (bicyclic) bond motifs is 1. The summed E-state index contributed by atoms with van der Waals surface area (Å²) in [6.45, 7) is 5.88.